The lowest BCUT2D eigenvalue weighted by Crippen LogP contribution is -2.17. The van der Waals surface area contributed by atoms with Gasteiger partial charge in [-0.25, -0.2) is 9.78 Å². The summed E-state index contributed by atoms with van der Waals surface area (Å²) in [5, 5.41) is 10.5. The van der Waals surface area contributed by atoms with Gasteiger partial charge in [0.25, 0.3) is 0 Å². The number of hydrogen-bond acceptors (Lipinski definition) is 6. The number of carboxylic acid groups (broad SMARTS) is 1. The van der Waals surface area contributed by atoms with Crippen LogP contribution in [0.1, 0.15) is 5.01 Å². The number of nitrogens with zero attached hydrogens (tertiary/aromatic N) is 3. The van der Waals surface area contributed by atoms with Crippen molar-refractivity contribution in [2.24, 2.45) is 4.99 Å². The second kappa shape index (κ2) is 5.06. The van der Waals surface area contributed by atoms with Crippen molar-refractivity contribution in [3.63, 3.8) is 0 Å². The summed E-state index contributed by atoms with van der Waals surface area (Å²) in [6, 6.07) is 5.46. The number of carbonyl (C=O) groups is 1. The zero-order chi connectivity index (χ0) is 14.3. The summed E-state index contributed by atoms with van der Waals surface area (Å²) in [5.74, 6) is -0.382. The van der Waals surface area contributed by atoms with Crippen LogP contribution in [0.2, 0.25) is 0 Å². The van der Waals surface area contributed by atoms with Gasteiger partial charge in [-0.05, 0) is 18.2 Å². The van der Waals surface area contributed by atoms with E-state index in [1.165, 1.54) is 11.8 Å². The molecule has 0 saturated heterocycles. The maximum Gasteiger partial charge on any atom is 0.329 e. The van der Waals surface area contributed by atoms with Crippen LogP contribution in [0.25, 0.3) is 10.2 Å². The van der Waals surface area contributed by atoms with Crippen LogP contribution < -0.4 is 4.90 Å². The Labute approximate surface area is 124 Å². The maximum absolute atomic E-state index is 10.9. The van der Waals surface area contributed by atoms with Crippen molar-refractivity contribution >= 4 is 50.0 Å². The van der Waals surface area contributed by atoms with Crippen LogP contribution >= 0.6 is 23.1 Å². The molecule has 3 rings (SSSR count). The predicted octanol–water partition coefficient (Wildman–Crippen LogP) is 2.31. The molecule has 2 heterocycles. The first-order chi connectivity index (χ1) is 9.54. The van der Waals surface area contributed by atoms with Crippen molar-refractivity contribution in [2.75, 3.05) is 24.7 Å². The Hall–Kier alpha value is -1.60. The van der Waals surface area contributed by atoms with Crippen LogP contribution in [0.3, 0.4) is 0 Å². The quantitative estimate of drug-likeness (QED) is 0.942. The predicted molar refractivity (Wildman–Crippen MR) is 84.4 cm³/mol. The first-order valence-corrected chi connectivity index (χ1v) is 7.86. The number of aliphatic carboxylic acids is 1. The Morgan fingerprint density at radius 1 is 1.45 bits per heavy atom. The molecule has 0 saturated carbocycles. The van der Waals surface area contributed by atoms with E-state index in [9.17, 15) is 4.79 Å². The molecular formula is C13H13N3O2S2. The van der Waals surface area contributed by atoms with Crippen molar-refractivity contribution < 1.29 is 9.90 Å². The highest BCUT2D eigenvalue weighted by atomic mass is 32.2. The first kappa shape index (κ1) is 13.4. The second-order valence-corrected chi connectivity index (χ2v) is 6.70. The number of benzene rings is 1. The molecule has 20 heavy (non-hydrogen) atoms. The number of thioether (sulfide) groups is 1. The Balaban J connectivity index is 1.97. The van der Waals surface area contributed by atoms with Crippen LogP contribution in [-0.4, -0.2) is 47.0 Å². The minimum absolute atomic E-state index is 0.490. The van der Waals surface area contributed by atoms with Gasteiger partial charge in [-0.3, -0.25) is 4.99 Å². The normalized spacial score (nSPS) is 18.3. The summed E-state index contributed by atoms with van der Waals surface area (Å²) in [6.45, 7) is 0. The third-order valence-corrected chi connectivity index (χ3v) is 5.22. The zero-order valence-electron chi connectivity index (χ0n) is 11.0. The summed E-state index contributed by atoms with van der Waals surface area (Å²) in [6.07, 6.45) is 0. The fraction of sp³-hybridized carbons (Fsp3) is 0.308. The number of carboxylic acids is 1. The molecule has 0 spiro atoms. The van der Waals surface area contributed by atoms with Gasteiger partial charge in [0, 0.05) is 25.5 Å². The third-order valence-electron chi connectivity index (χ3n) is 3.01. The van der Waals surface area contributed by atoms with E-state index >= 15 is 0 Å². The zero-order valence-corrected chi connectivity index (χ0v) is 12.7. The van der Waals surface area contributed by atoms with Gasteiger partial charge in [0.1, 0.15) is 10.1 Å². The monoisotopic (exact) mass is 307 g/mol. The summed E-state index contributed by atoms with van der Waals surface area (Å²) >= 11 is 3.02. The topological polar surface area (TPSA) is 65.8 Å². The van der Waals surface area contributed by atoms with Crippen molar-refractivity contribution in [3.05, 3.63) is 23.2 Å². The van der Waals surface area contributed by atoms with E-state index in [1.807, 2.05) is 31.1 Å². The van der Waals surface area contributed by atoms with Gasteiger partial charge in [-0.1, -0.05) is 0 Å². The van der Waals surface area contributed by atoms with Gasteiger partial charge >= 0.3 is 5.97 Å². The number of fused-ring (bicyclic) bond motifs is 1. The van der Waals surface area contributed by atoms with Crippen molar-refractivity contribution in [1.29, 1.82) is 0 Å². The third kappa shape index (κ3) is 2.38. The smallest absolute Gasteiger partial charge is 0.329 e. The highest BCUT2D eigenvalue weighted by Gasteiger charge is 2.26. The molecule has 1 N–H and O–H groups in total. The molecule has 2 aromatic rings. The number of aromatic nitrogens is 1. The first-order valence-electron chi connectivity index (χ1n) is 6.06. The molecule has 7 heteroatoms. The standard InChI is InChI=1S/C13H13N3O2S2/c1-16(2)7-3-4-8-10(5-7)20-12(14-8)11-15-9(6-19-11)13(17)18/h3-5,9H,6H2,1-2H3,(H,17,18). The van der Waals surface area contributed by atoms with Gasteiger partial charge in [-0.2, -0.15) is 0 Å². The molecule has 1 aliphatic heterocycles. The van der Waals surface area contributed by atoms with Crippen LogP contribution in [0.4, 0.5) is 5.69 Å². The van der Waals surface area contributed by atoms with Crippen LogP contribution in [0.5, 0.6) is 0 Å². The molecule has 0 radical (unpaired) electrons. The van der Waals surface area contributed by atoms with Gasteiger partial charge in [0.2, 0.25) is 0 Å². The molecule has 1 aliphatic rings. The largest absolute Gasteiger partial charge is 0.480 e. The van der Waals surface area contributed by atoms with E-state index in [1.54, 1.807) is 11.3 Å². The highest BCUT2D eigenvalue weighted by Crippen LogP contribution is 2.31. The summed E-state index contributed by atoms with van der Waals surface area (Å²) in [7, 11) is 3.99. The fourth-order valence-corrected chi connectivity index (χ4v) is 4.00. The molecule has 0 aliphatic carbocycles. The number of thiazole rings is 1. The maximum atomic E-state index is 10.9. The average molecular weight is 307 g/mol. The van der Waals surface area contributed by atoms with E-state index < -0.39 is 12.0 Å². The highest BCUT2D eigenvalue weighted by molar-refractivity contribution is 8.15. The molecule has 1 aromatic carbocycles. The van der Waals surface area contributed by atoms with E-state index in [-0.39, 0.29) is 0 Å². The second-order valence-electron chi connectivity index (χ2n) is 4.66. The minimum Gasteiger partial charge on any atom is -0.480 e. The fourth-order valence-electron chi connectivity index (χ4n) is 1.90. The Morgan fingerprint density at radius 3 is 2.90 bits per heavy atom. The number of aliphatic imine (C=N–C) groups is 1. The van der Waals surface area contributed by atoms with Crippen LogP contribution in [-0.2, 0) is 4.79 Å². The molecular weight excluding hydrogens is 294 g/mol. The molecule has 1 unspecified atom stereocenters. The van der Waals surface area contributed by atoms with E-state index in [2.05, 4.69) is 16.0 Å². The van der Waals surface area contributed by atoms with Crippen molar-refractivity contribution in [1.82, 2.24) is 4.98 Å². The summed E-state index contributed by atoms with van der Waals surface area (Å²) in [4.78, 5) is 21.7. The van der Waals surface area contributed by atoms with E-state index in [0.717, 1.165) is 26.0 Å². The van der Waals surface area contributed by atoms with Crippen LogP contribution in [0, 0.1) is 0 Å². The molecule has 5 nitrogen and oxygen atoms in total. The Kier molecular flexibility index (Phi) is 3.39. The molecule has 1 atom stereocenters. The lowest BCUT2D eigenvalue weighted by Gasteiger charge is -2.11. The van der Waals surface area contributed by atoms with Gasteiger partial charge < -0.3 is 10.0 Å². The van der Waals surface area contributed by atoms with Crippen molar-refractivity contribution in [2.45, 2.75) is 6.04 Å². The number of rotatable bonds is 3. The number of anilines is 1. The average Bonchev–Trinajstić information content (AvgIpc) is 3.04. The van der Waals surface area contributed by atoms with E-state index in [0.29, 0.717) is 5.75 Å². The number of hydrogen-bond donors (Lipinski definition) is 1. The van der Waals surface area contributed by atoms with E-state index in [4.69, 9.17) is 5.11 Å². The SMILES string of the molecule is CN(C)c1ccc2nc(C3=NC(C(=O)O)CS3)sc2c1. The Morgan fingerprint density at radius 2 is 2.25 bits per heavy atom. The molecule has 0 bridgehead atoms. The lowest BCUT2D eigenvalue weighted by molar-refractivity contribution is -0.137. The molecule has 0 amide bonds. The van der Waals surface area contributed by atoms with Crippen LogP contribution in [0.15, 0.2) is 23.2 Å². The minimum atomic E-state index is -0.872. The molecule has 0 fully saturated rings. The van der Waals surface area contributed by atoms with Crippen molar-refractivity contribution in [3.8, 4) is 0 Å². The summed E-state index contributed by atoms with van der Waals surface area (Å²) < 4.78 is 1.09. The van der Waals surface area contributed by atoms with Gasteiger partial charge in [0.05, 0.1) is 10.2 Å². The van der Waals surface area contributed by atoms with Gasteiger partial charge in [-0.15, -0.1) is 23.1 Å². The summed E-state index contributed by atoms with van der Waals surface area (Å²) in [5.41, 5.74) is 2.05. The molecule has 1 aromatic heterocycles. The molecule has 104 valence electrons. The Bertz CT molecular complexity index is 709. The van der Waals surface area contributed by atoms with Gasteiger partial charge in [0.15, 0.2) is 6.04 Å². The lowest BCUT2D eigenvalue weighted by atomic mass is 10.3.